The van der Waals surface area contributed by atoms with Crippen molar-refractivity contribution in [2.45, 2.75) is 12.0 Å². The summed E-state index contributed by atoms with van der Waals surface area (Å²) < 4.78 is 29.4. The van der Waals surface area contributed by atoms with Gasteiger partial charge in [-0.2, -0.15) is 0 Å². The van der Waals surface area contributed by atoms with E-state index in [1.807, 2.05) is 0 Å². The van der Waals surface area contributed by atoms with E-state index in [2.05, 4.69) is 10.1 Å². The highest BCUT2D eigenvalue weighted by atomic mass is 35.5. The average Bonchev–Trinajstić information content (AvgIpc) is 2.08. The first-order valence-electron chi connectivity index (χ1n) is 2.79. The monoisotopic (exact) mass is 173 g/mol. The SMILES string of the molecule is CNC1COCC1(F)F.Cl. The maximum Gasteiger partial charge on any atom is 0.288 e. The lowest BCUT2D eigenvalue weighted by Crippen LogP contribution is -2.41. The second-order valence-electron chi connectivity index (χ2n) is 2.12. The minimum atomic E-state index is -2.67. The van der Waals surface area contributed by atoms with Crippen LogP contribution in [-0.2, 0) is 4.74 Å². The molecular formula is C5H10ClF2NO. The molecule has 0 saturated carbocycles. The number of hydrogen-bond donors (Lipinski definition) is 1. The molecule has 1 saturated heterocycles. The standard InChI is InChI=1S/C5H9F2NO.ClH/c1-8-4-2-9-3-5(4,6)7;/h4,8H,2-3H2,1H3;1H. The molecule has 0 radical (unpaired) electrons. The normalized spacial score (nSPS) is 29.7. The van der Waals surface area contributed by atoms with Crippen molar-refractivity contribution in [1.82, 2.24) is 5.32 Å². The Morgan fingerprint density at radius 2 is 2.20 bits per heavy atom. The molecule has 0 aliphatic carbocycles. The van der Waals surface area contributed by atoms with Gasteiger partial charge in [-0.05, 0) is 7.05 Å². The fourth-order valence-electron chi connectivity index (χ4n) is 0.830. The van der Waals surface area contributed by atoms with Crippen LogP contribution in [0.3, 0.4) is 0 Å². The number of ether oxygens (including phenoxy) is 1. The molecular weight excluding hydrogens is 164 g/mol. The Balaban J connectivity index is 0.000000810. The quantitative estimate of drug-likeness (QED) is 0.629. The second kappa shape index (κ2) is 3.46. The fourth-order valence-corrected chi connectivity index (χ4v) is 0.830. The topological polar surface area (TPSA) is 21.3 Å². The van der Waals surface area contributed by atoms with Crippen molar-refractivity contribution in [3.05, 3.63) is 0 Å². The lowest BCUT2D eigenvalue weighted by molar-refractivity contribution is -0.0222. The highest BCUT2D eigenvalue weighted by Gasteiger charge is 2.44. The smallest absolute Gasteiger partial charge is 0.288 e. The predicted octanol–water partition coefficient (Wildman–Crippen LogP) is 0.662. The van der Waals surface area contributed by atoms with E-state index in [1.54, 1.807) is 0 Å². The molecule has 2 nitrogen and oxygen atoms in total. The highest BCUT2D eigenvalue weighted by molar-refractivity contribution is 5.85. The molecule has 1 atom stereocenters. The number of hydrogen-bond acceptors (Lipinski definition) is 2. The molecule has 62 valence electrons. The molecule has 1 unspecified atom stereocenters. The summed E-state index contributed by atoms with van der Waals surface area (Å²) in [5.74, 6) is -2.67. The zero-order valence-corrected chi connectivity index (χ0v) is 6.38. The van der Waals surface area contributed by atoms with Crippen molar-refractivity contribution < 1.29 is 13.5 Å². The molecule has 1 aliphatic rings. The van der Waals surface area contributed by atoms with Gasteiger partial charge in [0.15, 0.2) is 0 Å². The largest absolute Gasteiger partial charge is 0.373 e. The van der Waals surface area contributed by atoms with Crippen LogP contribution in [0.5, 0.6) is 0 Å². The van der Waals surface area contributed by atoms with Gasteiger partial charge in [0.05, 0.1) is 12.6 Å². The summed E-state index contributed by atoms with van der Waals surface area (Å²) in [5, 5.41) is 2.48. The van der Waals surface area contributed by atoms with E-state index in [-0.39, 0.29) is 19.0 Å². The Bertz CT molecular complexity index is 112. The van der Waals surface area contributed by atoms with Gasteiger partial charge in [-0.3, -0.25) is 0 Å². The van der Waals surface area contributed by atoms with Gasteiger partial charge in [0, 0.05) is 0 Å². The number of nitrogens with one attached hydrogen (secondary N) is 1. The summed E-state index contributed by atoms with van der Waals surface area (Å²) in [6, 6.07) is -0.794. The van der Waals surface area contributed by atoms with Crippen molar-refractivity contribution in [3.8, 4) is 0 Å². The minimum Gasteiger partial charge on any atom is -0.373 e. The minimum absolute atomic E-state index is 0. The fraction of sp³-hybridized carbons (Fsp3) is 1.00. The average molecular weight is 174 g/mol. The first-order chi connectivity index (χ1) is 4.17. The van der Waals surface area contributed by atoms with Crippen LogP contribution in [0.2, 0.25) is 0 Å². The van der Waals surface area contributed by atoms with E-state index < -0.39 is 18.6 Å². The summed E-state index contributed by atoms with van der Waals surface area (Å²) in [6.07, 6.45) is 0. The molecule has 1 rings (SSSR count). The molecule has 0 aromatic rings. The molecule has 0 bridgehead atoms. The van der Waals surface area contributed by atoms with Crippen molar-refractivity contribution in [2.24, 2.45) is 0 Å². The van der Waals surface area contributed by atoms with Gasteiger partial charge < -0.3 is 10.1 Å². The molecule has 0 aromatic carbocycles. The van der Waals surface area contributed by atoms with E-state index in [0.717, 1.165) is 0 Å². The van der Waals surface area contributed by atoms with E-state index in [9.17, 15) is 8.78 Å². The Morgan fingerprint density at radius 1 is 1.60 bits per heavy atom. The summed E-state index contributed by atoms with van der Waals surface area (Å²) >= 11 is 0. The van der Waals surface area contributed by atoms with Crippen molar-refractivity contribution in [1.29, 1.82) is 0 Å². The van der Waals surface area contributed by atoms with Gasteiger partial charge in [-0.25, -0.2) is 8.78 Å². The zero-order chi connectivity index (χ0) is 6.91. The molecule has 0 aromatic heterocycles. The van der Waals surface area contributed by atoms with Gasteiger partial charge >= 0.3 is 0 Å². The lowest BCUT2D eigenvalue weighted by Gasteiger charge is -2.14. The van der Waals surface area contributed by atoms with E-state index in [1.165, 1.54) is 7.05 Å². The number of alkyl halides is 2. The van der Waals surface area contributed by atoms with Gasteiger partial charge in [0.1, 0.15) is 6.61 Å². The van der Waals surface area contributed by atoms with Crippen LogP contribution in [0.15, 0.2) is 0 Å². The third-order valence-corrected chi connectivity index (χ3v) is 1.44. The van der Waals surface area contributed by atoms with Crippen LogP contribution in [-0.4, -0.2) is 32.2 Å². The van der Waals surface area contributed by atoms with E-state index in [0.29, 0.717) is 0 Å². The summed E-state index contributed by atoms with van der Waals surface area (Å²) in [4.78, 5) is 0. The van der Waals surface area contributed by atoms with Gasteiger partial charge in [0.25, 0.3) is 5.92 Å². The second-order valence-corrected chi connectivity index (χ2v) is 2.12. The van der Waals surface area contributed by atoms with Crippen LogP contribution < -0.4 is 5.32 Å². The molecule has 1 heterocycles. The van der Waals surface area contributed by atoms with Crippen molar-refractivity contribution >= 4 is 12.4 Å². The molecule has 10 heavy (non-hydrogen) atoms. The van der Waals surface area contributed by atoms with Crippen LogP contribution in [0.25, 0.3) is 0 Å². The van der Waals surface area contributed by atoms with Crippen LogP contribution >= 0.6 is 12.4 Å². The highest BCUT2D eigenvalue weighted by Crippen LogP contribution is 2.24. The Labute approximate surface area is 64.3 Å². The summed E-state index contributed by atoms with van der Waals surface area (Å²) in [5.41, 5.74) is 0. The summed E-state index contributed by atoms with van der Waals surface area (Å²) in [6.45, 7) is -0.331. The molecule has 1 N–H and O–H groups in total. The lowest BCUT2D eigenvalue weighted by atomic mass is 10.2. The van der Waals surface area contributed by atoms with Crippen molar-refractivity contribution in [3.63, 3.8) is 0 Å². The van der Waals surface area contributed by atoms with Gasteiger partial charge in [0.2, 0.25) is 0 Å². The molecule has 0 amide bonds. The third kappa shape index (κ3) is 1.78. The third-order valence-electron chi connectivity index (χ3n) is 1.44. The van der Waals surface area contributed by atoms with Gasteiger partial charge in [-0.1, -0.05) is 0 Å². The summed E-state index contributed by atoms with van der Waals surface area (Å²) in [7, 11) is 1.51. The number of likely N-dealkylation sites (N-methyl/N-ethyl adjacent to an activating group) is 1. The van der Waals surface area contributed by atoms with Gasteiger partial charge in [-0.15, -0.1) is 12.4 Å². The predicted molar refractivity (Wildman–Crippen MR) is 35.9 cm³/mol. The van der Waals surface area contributed by atoms with Crippen molar-refractivity contribution in [2.75, 3.05) is 20.3 Å². The Hall–Kier alpha value is 0.0700. The first kappa shape index (κ1) is 10.1. The Kier molecular flexibility index (Phi) is 3.48. The Morgan fingerprint density at radius 3 is 2.40 bits per heavy atom. The number of rotatable bonds is 1. The maximum absolute atomic E-state index is 12.4. The molecule has 1 fully saturated rings. The zero-order valence-electron chi connectivity index (χ0n) is 5.56. The van der Waals surface area contributed by atoms with Crippen LogP contribution in [0.1, 0.15) is 0 Å². The molecule has 1 aliphatic heterocycles. The van der Waals surface area contributed by atoms with E-state index >= 15 is 0 Å². The molecule has 5 heteroatoms. The first-order valence-corrected chi connectivity index (χ1v) is 2.79. The van der Waals surface area contributed by atoms with Crippen LogP contribution in [0.4, 0.5) is 8.78 Å². The molecule has 0 spiro atoms. The van der Waals surface area contributed by atoms with Crippen LogP contribution in [0, 0.1) is 0 Å². The maximum atomic E-state index is 12.4. The number of halogens is 3. The van der Waals surface area contributed by atoms with E-state index in [4.69, 9.17) is 0 Å².